The smallest absolute Gasteiger partial charge is 0.146 e. The minimum atomic E-state index is -0.377. The van der Waals surface area contributed by atoms with Gasteiger partial charge in [0.1, 0.15) is 5.82 Å². The summed E-state index contributed by atoms with van der Waals surface area (Å²) in [6.45, 7) is 0.518. The van der Waals surface area contributed by atoms with Gasteiger partial charge in [0.05, 0.1) is 17.3 Å². The molecule has 0 aliphatic heterocycles. The Kier molecular flexibility index (Phi) is 4.78. The summed E-state index contributed by atoms with van der Waals surface area (Å²) < 4.78 is 18.2. The lowest BCUT2D eigenvalue weighted by Gasteiger charge is -2.08. The van der Waals surface area contributed by atoms with Crippen LogP contribution in [0.3, 0.4) is 0 Å². The van der Waals surface area contributed by atoms with Gasteiger partial charge >= 0.3 is 0 Å². The fraction of sp³-hybridized carbons (Fsp3) is 0.444. The molecule has 0 spiro atoms. The van der Waals surface area contributed by atoms with Gasteiger partial charge in [-0.1, -0.05) is 27.5 Å². The van der Waals surface area contributed by atoms with E-state index < -0.39 is 0 Å². The highest BCUT2D eigenvalue weighted by Crippen LogP contribution is 2.15. The molecule has 0 N–H and O–H groups in total. The summed E-state index contributed by atoms with van der Waals surface area (Å²) in [7, 11) is 1.60. The lowest BCUT2D eigenvalue weighted by atomic mass is 10.2. The summed E-state index contributed by atoms with van der Waals surface area (Å²) in [6.07, 6.45) is 1.92. The van der Waals surface area contributed by atoms with E-state index in [1.54, 1.807) is 7.11 Å². The van der Waals surface area contributed by atoms with Crippen LogP contribution in [0.15, 0.2) is 12.3 Å². The number of ether oxygens (including phenoxy) is 1. The fourth-order valence-corrected chi connectivity index (χ4v) is 1.76. The molecule has 5 heteroatoms. The number of halogens is 3. The molecule has 1 heterocycles. The zero-order valence-electron chi connectivity index (χ0n) is 7.64. The van der Waals surface area contributed by atoms with Crippen molar-refractivity contribution in [1.29, 1.82) is 0 Å². The van der Waals surface area contributed by atoms with Crippen LogP contribution in [0.2, 0.25) is 5.02 Å². The SMILES string of the molecule is COCC(Br)Cc1ncc(Cl)cc1F. The molecule has 0 saturated carbocycles. The maximum absolute atomic E-state index is 13.2. The van der Waals surface area contributed by atoms with E-state index in [1.807, 2.05) is 0 Å². The molecule has 0 saturated heterocycles. The molecule has 0 amide bonds. The van der Waals surface area contributed by atoms with Gasteiger partial charge in [-0.2, -0.15) is 0 Å². The predicted octanol–water partition coefficient (Wildman–Crippen LogP) is 2.83. The van der Waals surface area contributed by atoms with Crippen LogP contribution in [-0.2, 0) is 11.2 Å². The first-order chi connectivity index (χ1) is 6.63. The highest BCUT2D eigenvalue weighted by molar-refractivity contribution is 9.09. The van der Waals surface area contributed by atoms with E-state index in [0.717, 1.165) is 0 Å². The number of rotatable bonds is 4. The lowest BCUT2D eigenvalue weighted by Crippen LogP contribution is -2.12. The first kappa shape index (κ1) is 11.9. The summed E-state index contributed by atoms with van der Waals surface area (Å²) in [5, 5.41) is 0.309. The van der Waals surface area contributed by atoms with Gasteiger partial charge in [-0.15, -0.1) is 0 Å². The van der Waals surface area contributed by atoms with Crippen LogP contribution in [0.1, 0.15) is 5.69 Å². The number of nitrogens with zero attached hydrogens (tertiary/aromatic N) is 1. The molecule has 2 nitrogen and oxygen atoms in total. The minimum absolute atomic E-state index is 0.0654. The highest BCUT2D eigenvalue weighted by Gasteiger charge is 2.10. The number of methoxy groups -OCH3 is 1. The quantitative estimate of drug-likeness (QED) is 0.792. The van der Waals surface area contributed by atoms with Crippen LogP contribution < -0.4 is 0 Å². The molecule has 78 valence electrons. The molecular formula is C9H10BrClFNO. The third-order valence-corrected chi connectivity index (χ3v) is 2.44. The summed E-state index contributed by atoms with van der Waals surface area (Å²) in [4.78, 5) is 3.97. The maximum Gasteiger partial charge on any atom is 0.146 e. The van der Waals surface area contributed by atoms with Crippen molar-refractivity contribution < 1.29 is 9.13 Å². The number of hydrogen-bond acceptors (Lipinski definition) is 2. The normalized spacial score (nSPS) is 12.9. The van der Waals surface area contributed by atoms with E-state index in [0.29, 0.717) is 23.7 Å². The second-order valence-corrected chi connectivity index (χ2v) is 4.57. The third-order valence-electron chi connectivity index (χ3n) is 1.65. The summed E-state index contributed by atoms with van der Waals surface area (Å²) >= 11 is 8.94. The Labute approximate surface area is 95.6 Å². The molecule has 1 aromatic rings. The van der Waals surface area contributed by atoms with Crippen molar-refractivity contribution in [2.75, 3.05) is 13.7 Å². The molecule has 0 aliphatic carbocycles. The average Bonchev–Trinajstić information content (AvgIpc) is 2.10. The summed E-state index contributed by atoms with van der Waals surface area (Å²) in [5.41, 5.74) is 0.397. The Balaban J connectivity index is 2.67. The zero-order valence-corrected chi connectivity index (χ0v) is 9.98. The van der Waals surface area contributed by atoms with Crippen molar-refractivity contribution in [2.45, 2.75) is 11.2 Å². The topological polar surface area (TPSA) is 22.1 Å². The standard InChI is InChI=1S/C9H10BrClFNO/c1-14-5-6(10)2-9-8(12)3-7(11)4-13-9/h3-4,6H,2,5H2,1H3. The molecule has 0 aromatic carbocycles. The Morgan fingerprint density at radius 1 is 1.71 bits per heavy atom. The predicted molar refractivity (Wildman–Crippen MR) is 57.5 cm³/mol. The molecule has 1 rings (SSSR count). The van der Waals surface area contributed by atoms with E-state index in [-0.39, 0.29) is 10.6 Å². The highest BCUT2D eigenvalue weighted by atomic mass is 79.9. The number of pyridine rings is 1. The van der Waals surface area contributed by atoms with Crippen molar-refractivity contribution in [3.05, 3.63) is 28.8 Å². The van der Waals surface area contributed by atoms with Crippen molar-refractivity contribution in [3.8, 4) is 0 Å². The molecule has 14 heavy (non-hydrogen) atoms. The van der Waals surface area contributed by atoms with Gasteiger partial charge in [0.2, 0.25) is 0 Å². The van der Waals surface area contributed by atoms with E-state index in [4.69, 9.17) is 16.3 Å². The maximum atomic E-state index is 13.2. The number of alkyl halides is 1. The van der Waals surface area contributed by atoms with Crippen LogP contribution in [0, 0.1) is 5.82 Å². The van der Waals surface area contributed by atoms with Gasteiger partial charge in [-0.05, 0) is 6.07 Å². The Bertz CT molecular complexity index is 311. The first-order valence-corrected chi connectivity index (χ1v) is 5.35. The van der Waals surface area contributed by atoms with Crippen molar-refractivity contribution >= 4 is 27.5 Å². The Hall–Kier alpha value is -0.190. The number of aromatic nitrogens is 1. The van der Waals surface area contributed by atoms with E-state index >= 15 is 0 Å². The van der Waals surface area contributed by atoms with E-state index in [9.17, 15) is 4.39 Å². The second-order valence-electron chi connectivity index (χ2n) is 2.84. The largest absolute Gasteiger partial charge is 0.384 e. The summed E-state index contributed by atoms with van der Waals surface area (Å²) in [5.74, 6) is -0.377. The van der Waals surface area contributed by atoms with Crippen LogP contribution >= 0.6 is 27.5 Å². The minimum Gasteiger partial charge on any atom is -0.384 e. The zero-order chi connectivity index (χ0) is 10.6. The Morgan fingerprint density at radius 2 is 2.43 bits per heavy atom. The van der Waals surface area contributed by atoms with Crippen molar-refractivity contribution in [1.82, 2.24) is 4.98 Å². The van der Waals surface area contributed by atoms with E-state index in [1.165, 1.54) is 12.3 Å². The molecular weight excluding hydrogens is 272 g/mol. The van der Waals surface area contributed by atoms with Gasteiger partial charge in [-0.3, -0.25) is 4.98 Å². The van der Waals surface area contributed by atoms with Crippen LogP contribution in [0.4, 0.5) is 4.39 Å². The molecule has 0 bridgehead atoms. The van der Waals surface area contributed by atoms with Crippen molar-refractivity contribution in [2.24, 2.45) is 0 Å². The monoisotopic (exact) mass is 281 g/mol. The molecule has 0 radical (unpaired) electrons. The first-order valence-electron chi connectivity index (χ1n) is 4.06. The molecule has 1 aromatic heterocycles. The van der Waals surface area contributed by atoms with Gasteiger partial charge in [-0.25, -0.2) is 4.39 Å². The third kappa shape index (κ3) is 3.52. The lowest BCUT2D eigenvalue weighted by molar-refractivity contribution is 0.200. The van der Waals surface area contributed by atoms with Crippen LogP contribution in [0.25, 0.3) is 0 Å². The molecule has 0 fully saturated rings. The second kappa shape index (κ2) is 5.63. The summed E-state index contributed by atoms with van der Waals surface area (Å²) in [6, 6.07) is 1.26. The van der Waals surface area contributed by atoms with Crippen molar-refractivity contribution in [3.63, 3.8) is 0 Å². The molecule has 1 unspecified atom stereocenters. The van der Waals surface area contributed by atoms with E-state index in [2.05, 4.69) is 20.9 Å². The fourth-order valence-electron chi connectivity index (χ4n) is 1.04. The molecule has 0 aliphatic rings. The van der Waals surface area contributed by atoms with Gasteiger partial charge in [0.15, 0.2) is 0 Å². The average molecular weight is 283 g/mol. The van der Waals surface area contributed by atoms with Gasteiger partial charge < -0.3 is 4.74 Å². The van der Waals surface area contributed by atoms with Crippen LogP contribution in [-0.4, -0.2) is 23.5 Å². The van der Waals surface area contributed by atoms with Crippen LogP contribution in [0.5, 0.6) is 0 Å². The molecule has 1 atom stereocenters. The van der Waals surface area contributed by atoms with Gasteiger partial charge in [0, 0.05) is 24.6 Å². The Morgan fingerprint density at radius 3 is 3.00 bits per heavy atom. The number of hydrogen-bond donors (Lipinski definition) is 0. The van der Waals surface area contributed by atoms with Gasteiger partial charge in [0.25, 0.3) is 0 Å².